The average Bonchev–Trinajstić information content (AvgIpc) is 2.98. The van der Waals surface area contributed by atoms with Crippen molar-refractivity contribution in [2.45, 2.75) is 37.9 Å². The van der Waals surface area contributed by atoms with E-state index in [1.165, 1.54) is 20.3 Å². The SMILES string of the molecule is COc1cc2c(cc1OC)C(=O)[C@](F)(CC1CCN(Cc3cccc(F)c3)CC1)C2. The highest BCUT2D eigenvalue weighted by molar-refractivity contribution is 6.07. The lowest BCUT2D eigenvalue weighted by atomic mass is 9.83. The highest BCUT2D eigenvalue weighted by atomic mass is 19.1. The minimum atomic E-state index is -1.87. The number of benzene rings is 2. The molecule has 30 heavy (non-hydrogen) atoms. The molecule has 160 valence electrons. The maximum Gasteiger partial charge on any atom is 0.200 e. The molecule has 2 aromatic rings. The van der Waals surface area contributed by atoms with Crippen LogP contribution in [0.2, 0.25) is 0 Å². The number of halogens is 2. The second kappa shape index (κ2) is 8.34. The van der Waals surface area contributed by atoms with E-state index in [2.05, 4.69) is 4.90 Å². The van der Waals surface area contributed by atoms with Crippen LogP contribution in [0.5, 0.6) is 11.5 Å². The minimum absolute atomic E-state index is 0.0883. The van der Waals surface area contributed by atoms with Gasteiger partial charge in [-0.3, -0.25) is 9.69 Å². The second-order valence-electron chi connectivity index (χ2n) is 8.39. The third-order valence-electron chi connectivity index (χ3n) is 6.35. The van der Waals surface area contributed by atoms with Gasteiger partial charge in [0.2, 0.25) is 5.78 Å². The number of hydrogen-bond acceptors (Lipinski definition) is 4. The molecule has 6 heteroatoms. The van der Waals surface area contributed by atoms with Gasteiger partial charge in [-0.2, -0.15) is 0 Å². The summed E-state index contributed by atoms with van der Waals surface area (Å²) in [6.45, 7) is 2.33. The molecule has 0 unspecified atom stereocenters. The molecule has 0 radical (unpaired) electrons. The molecule has 1 aliphatic heterocycles. The van der Waals surface area contributed by atoms with E-state index >= 15 is 4.39 Å². The fraction of sp³-hybridized carbons (Fsp3) is 0.458. The van der Waals surface area contributed by atoms with Crippen molar-refractivity contribution in [3.05, 3.63) is 58.9 Å². The highest BCUT2D eigenvalue weighted by Gasteiger charge is 2.48. The number of Topliss-reactive ketones (excluding diaryl/α,β-unsaturated/α-hetero) is 1. The highest BCUT2D eigenvalue weighted by Crippen LogP contribution is 2.43. The zero-order valence-electron chi connectivity index (χ0n) is 17.4. The molecular weight excluding hydrogens is 388 g/mol. The molecule has 0 amide bonds. The van der Waals surface area contributed by atoms with Gasteiger partial charge < -0.3 is 9.47 Å². The van der Waals surface area contributed by atoms with Crippen molar-refractivity contribution in [1.82, 2.24) is 4.90 Å². The quantitative estimate of drug-likeness (QED) is 0.692. The van der Waals surface area contributed by atoms with E-state index in [9.17, 15) is 9.18 Å². The Labute approximate surface area is 175 Å². The third kappa shape index (κ3) is 4.06. The third-order valence-corrected chi connectivity index (χ3v) is 6.35. The molecule has 1 fully saturated rings. The first-order valence-electron chi connectivity index (χ1n) is 10.4. The number of piperidine rings is 1. The zero-order chi connectivity index (χ0) is 21.3. The number of likely N-dealkylation sites (tertiary alicyclic amines) is 1. The number of methoxy groups -OCH3 is 2. The number of rotatable bonds is 6. The molecule has 0 aromatic heterocycles. The number of fused-ring (bicyclic) bond motifs is 1. The first-order valence-corrected chi connectivity index (χ1v) is 10.4. The molecule has 0 N–H and O–H groups in total. The summed E-state index contributed by atoms with van der Waals surface area (Å²) in [5.74, 6) is 0.439. The van der Waals surface area contributed by atoms with E-state index in [1.54, 1.807) is 24.3 Å². The normalized spacial score (nSPS) is 22.2. The van der Waals surface area contributed by atoms with Crippen LogP contribution in [0.25, 0.3) is 0 Å². The van der Waals surface area contributed by atoms with Gasteiger partial charge in [0.15, 0.2) is 17.2 Å². The summed E-state index contributed by atoms with van der Waals surface area (Å²) < 4.78 is 39.7. The summed E-state index contributed by atoms with van der Waals surface area (Å²) in [4.78, 5) is 15.1. The van der Waals surface area contributed by atoms with Crippen molar-refractivity contribution in [2.75, 3.05) is 27.3 Å². The van der Waals surface area contributed by atoms with E-state index in [0.29, 0.717) is 29.2 Å². The largest absolute Gasteiger partial charge is 0.493 e. The number of alkyl halides is 1. The number of hydrogen-bond donors (Lipinski definition) is 0. The molecular formula is C24H27F2NO3. The zero-order valence-corrected chi connectivity index (χ0v) is 17.4. The molecule has 4 nitrogen and oxygen atoms in total. The number of nitrogens with zero attached hydrogens (tertiary/aromatic N) is 1. The van der Waals surface area contributed by atoms with Gasteiger partial charge in [-0.05, 0) is 73.7 Å². The number of carbonyl (C=O) groups is 1. The van der Waals surface area contributed by atoms with Crippen molar-refractivity contribution < 1.29 is 23.0 Å². The van der Waals surface area contributed by atoms with E-state index in [0.717, 1.165) is 31.5 Å². The van der Waals surface area contributed by atoms with Crippen LogP contribution >= 0.6 is 0 Å². The predicted octanol–water partition coefficient (Wildman–Crippen LogP) is 4.59. The summed E-state index contributed by atoms with van der Waals surface area (Å²) in [7, 11) is 3.03. The molecule has 0 saturated carbocycles. The molecule has 0 bridgehead atoms. The van der Waals surface area contributed by atoms with Gasteiger partial charge in [0, 0.05) is 18.5 Å². The van der Waals surface area contributed by atoms with Gasteiger partial charge in [-0.15, -0.1) is 0 Å². The number of ether oxygens (including phenoxy) is 2. The van der Waals surface area contributed by atoms with Gasteiger partial charge in [0.25, 0.3) is 0 Å². The van der Waals surface area contributed by atoms with E-state index < -0.39 is 11.5 Å². The fourth-order valence-corrected chi connectivity index (χ4v) is 4.77. The Balaban J connectivity index is 1.38. The van der Waals surface area contributed by atoms with Crippen LogP contribution < -0.4 is 9.47 Å². The maximum atomic E-state index is 15.8. The van der Waals surface area contributed by atoms with Crippen LogP contribution in [0.4, 0.5) is 8.78 Å². The molecule has 2 aliphatic rings. The smallest absolute Gasteiger partial charge is 0.200 e. The Kier molecular flexibility index (Phi) is 5.78. The lowest BCUT2D eigenvalue weighted by molar-refractivity contribution is 0.0587. The van der Waals surface area contributed by atoms with Crippen LogP contribution in [0.15, 0.2) is 36.4 Å². The van der Waals surface area contributed by atoms with Gasteiger partial charge >= 0.3 is 0 Å². The monoisotopic (exact) mass is 415 g/mol. The van der Waals surface area contributed by atoms with Crippen LogP contribution in [-0.4, -0.2) is 43.7 Å². The minimum Gasteiger partial charge on any atom is -0.493 e. The van der Waals surface area contributed by atoms with Crippen LogP contribution in [0.1, 0.15) is 40.7 Å². The van der Waals surface area contributed by atoms with Gasteiger partial charge in [0.1, 0.15) is 5.82 Å². The summed E-state index contributed by atoms with van der Waals surface area (Å²) in [6.07, 6.45) is 1.98. The van der Waals surface area contributed by atoms with E-state index in [1.807, 2.05) is 6.07 Å². The summed E-state index contributed by atoms with van der Waals surface area (Å²) in [5, 5.41) is 0. The topological polar surface area (TPSA) is 38.8 Å². The van der Waals surface area contributed by atoms with Gasteiger partial charge in [-0.1, -0.05) is 12.1 Å². The summed E-state index contributed by atoms with van der Waals surface area (Å²) in [6, 6.07) is 9.95. The Morgan fingerprint density at radius 3 is 2.47 bits per heavy atom. The molecule has 1 aliphatic carbocycles. The van der Waals surface area contributed by atoms with Crippen molar-refractivity contribution >= 4 is 5.78 Å². The number of carbonyl (C=O) groups excluding carboxylic acids is 1. The van der Waals surface area contributed by atoms with E-state index in [4.69, 9.17) is 9.47 Å². The number of ketones is 1. The first kappa shape index (κ1) is 20.8. The Hall–Kier alpha value is -2.47. The molecule has 1 atom stereocenters. The fourth-order valence-electron chi connectivity index (χ4n) is 4.77. The Morgan fingerprint density at radius 1 is 1.10 bits per heavy atom. The van der Waals surface area contributed by atoms with E-state index in [-0.39, 0.29) is 24.6 Å². The predicted molar refractivity (Wildman–Crippen MR) is 110 cm³/mol. The lowest BCUT2D eigenvalue weighted by Crippen LogP contribution is -2.38. The lowest BCUT2D eigenvalue weighted by Gasteiger charge is -2.34. The standard InChI is InChI=1S/C24H27F2NO3/c1-29-21-11-18-14-24(26,23(28)20(18)12-22(21)30-2)13-16-6-8-27(9-7-16)15-17-4-3-5-19(25)10-17/h3-5,10-12,16H,6-9,13-15H2,1-2H3/t24-/m0/s1. The second-order valence-corrected chi connectivity index (χ2v) is 8.39. The van der Waals surface area contributed by atoms with Crippen molar-refractivity contribution in [3.63, 3.8) is 0 Å². The molecule has 1 saturated heterocycles. The van der Waals surface area contributed by atoms with Crippen molar-refractivity contribution in [1.29, 1.82) is 0 Å². The van der Waals surface area contributed by atoms with Crippen LogP contribution in [0.3, 0.4) is 0 Å². The maximum absolute atomic E-state index is 15.8. The molecule has 4 rings (SSSR count). The Bertz CT molecular complexity index is 940. The van der Waals surface area contributed by atoms with Crippen molar-refractivity contribution in [2.24, 2.45) is 5.92 Å². The molecule has 1 heterocycles. The van der Waals surface area contributed by atoms with Crippen molar-refractivity contribution in [3.8, 4) is 11.5 Å². The average molecular weight is 415 g/mol. The Morgan fingerprint density at radius 2 is 1.80 bits per heavy atom. The molecule has 2 aromatic carbocycles. The van der Waals surface area contributed by atoms with Crippen LogP contribution in [0, 0.1) is 11.7 Å². The van der Waals surface area contributed by atoms with Crippen LogP contribution in [-0.2, 0) is 13.0 Å². The van der Waals surface area contributed by atoms with Gasteiger partial charge in [-0.25, -0.2) is 8.78 Å². The summed E-state index contributed by atoms with van der Waals surface area (Å²) >= 11 is 0. The first-order chi connectivity index (χ1) is 14.4. The van der Waals surface area contributed by atoms with Gasteiger partial charge in [0.05, 0.1) is 14.2 Å². The summed E-state index contributed by atoms with van der Waals surface area (Å²) in [5.41, 5.74) is 0.164. The molecule has 0 spiro atoms.